The number of rotatable bonds is 12. The Bertz CT molecular complexity index is 1630. The molecule has 0 bridgehead atoms. The summed E-state index contributed by atoms with van der Waals surface area (Å²) in [5, 5.41) is 3.27. The Labute approximate surface area is 263 Å². The van der Waals surface area contributed by atoms with Gasteiger partial charge in [0.2, 0.25) is 11.8 Å². The molecule has 4 rings (SSSR count). The second-order valence-corrected chi connectivity index (χ2v) is 12.8. The minimum atomic E-state index is -4.25. The topological polar surface area (TPSA) is 86.8 Å². The van der Waals surface area contributed by atoms with Crippen molar-refractivity contribution in [2.75, 3.05) is 17.4 Å². The highest BCUT2D eigenvalue weighted by molar-refractivity contribution is 7.92. The maximum absolute atomic E-state index is 14.3. The first-order valence-electron chi connectivity index (χ1n) is 13.8. The molecule has 7 nitrogen and oxygen atoms in total. The van der Waals surface area contributed by atoms with E-state index < -0.39 is 28.5 Å². The molecule has 0 aliphatic heterocycles. The molecular formula is C33H33Cl2N3O4S. The molecule has 0 radical (unpaired) electrons. The molecule has 0 heterocycles. The number of hydrogen-bond acceptors (Lipinski definition) is 4. The minimum Gasteiger partial charge on any atom is -0.355 e. The Balaban J connectivity index is 1.80. The van der Waals surface area contributed by atoms with Crippen LogP contribution in [0.3, 0.4) is 0 Å². The number of likely N-dealkylation sites (N-methyl/N-ethyl adjacent to an activating group) is 1. The largest absolute Gasteiger partial charge is 0.355 e. The number of hydrogen-bond donors (Lipinski definition) is 1. The van der Waals surface area contributed by atoms with Gasteiger partial charge in [-0.25, -0.2) is 8.42 Å². The molecule has 4 aromatic carbocycles. The van der Waals surface area contributed by atoms with E-state index in [2.05, 4.69) is 5.32 Å². The number of nitrogens with zero attached hydrogens (tertiary/aromatic N) is 2. The number of carbonyl (C=O) groups excluding carboxylic acids is 2. The summed E-state index contributed by atoms with van der Waals surface area (Å²) in [5.41, 5.74) is 2.66. The van der Waals surface area contributed by atoms with E-state index in [-0.39, 0.29) is 39.5 Å². The zero-order valence-electron chi connectivity index (χ0n) is 23.9. The van der Waals surface area contributed by atoms with Crippen LogP contribution in [0.25, 0.3) is 0 Å². The van der Waals surface area contributed by atoms with Crippen LogP contribution in [0.15, 0.2) is 108 Å². The normalized spacial score (nSPS) is 11.9. The number of amides is 2. The molecular weight excluding hydrogens is 605 g/mol. The van der Waals surface area contributed by atoms with Crippen LogP contribution in [0.4, 0.5) is 5.69 Å². The molecule has 0 unspecified atom stereocenters. The Morgan fingerprint density at radius 1 is 0.814 bits per heavy atom. The fourth-order valence-corrected chi connectivity index (χ4v) is 6.59. The average Bonchev–Trinajstić information content (AvgIpc) is 2.98. The fraction of sp³-hybridized carbons (Fsp3) is 0.212. The number of carbonyl (C=O) groups is 2. The highest BCUT2D eigenvalue weighted by Crippen LogP contribution is 2.30. The number of nitrogens with one attached hydrogen (secondary N) is 1. The SMILES string of the molecule is CCNC(=O)[C@H](Cc1ccccc1)N(Cc1ccccc1)C(=O)CN(c1cc(Cl)cc(Cl)c1)S(=O)(=O)c1ccc(C)cc1. The van der Waals surface area contributed by atoms with Gasteiger partial charge in [-0.3, -0.25) is 13.9 Å². The molecule has 1 atom stereocenters. The van der Waals surface area contributed by atoms with E-state index in [9.17, 15) is 18.0 Å². The number of halogens is 2. The van der Waals surface area contributed by atoms with Gasteiger partial charge in [-0.15, -0.1) is 0 Å². The van der Waals surface area contributed by atoms with Gasteiger partial charge in [-0.2, -0.15) is 0 Å². The summed E-state index contributed by atoms with van der Waals surface area (Å²) in [5.74, 6) is -0.905. The summed E-state index contributed by atoms with van der Waals surface area (Å²) >= 11 is 12.6. The van der Waals surface area contributed by atoms with E-state index in [1.165, 1.54) is 35.2 Å². The molecule has 43 heavy (non-hydrogen) atoms. The monoisotopic (exact) mass is 637 g/mol. The van der Waals surface area contributed by atoms with Crippen molar-refractivity contribution in [1.82, 2.24) is 10.2 Å². The molecule has 0 aromatic heterocycles. The Morgan fingerprint density at radius 3 is 1.93 bits per heavy atom. The first-order chi connectivity index (χ1) is 20.6. The molecule has 0 aliphatic carbocycles. The standard InChI is InChI=1S/C33H33Cl2N3O4S/c1-3-36-33(40)31(18-25-10-6-4-7-11-25)37(22-26-12-8-5-9-13-26)32(39)23-38(29-20-27(34)19-28(35)21-29)43(41,42)30-16-14-24(2)15-17-30/h4-17,19-21,31H,3,18,22-23H2,1-2H3,(H,36,40)/t31-/m0/s1. The van der Waals surface area contributed by atoms with Crippen molar-refractivity contribution >= 4 is 50.7 Å². The maximum atomic E-state index is 14.3. The molecule has 2 amide bonds. The third-order valence-corrected chi connectivity index (χ3v) is 9.07. The third kappa shape index (κ3) is 8.38. The summed E-state index contributed by atoms with van der Waals surface area (Å²) in [4.78, 5) is 29.3. The maximum Gasteiger partial charge on any atom is 0.264 e. The van der Waals surface area contributed by atoms with Crippen molar-refractivity contribution in [1.29, 1.82) is 0 Å². The quantitative estimate of drug-likeness (QED) is 0.198. The molecule has 0 spiro atoms. The second kappa shape index (κ2) is 14.6. The highest BCUT2D eigenvalue weighted by Gasteiger charge is 2.34. The van der Waals surface area contributed by atoms with Gasteiger partial charge in [0.25, 0.3) is 10.0 Å². The third-order valence-electron chi connectivity index (χ3n) is 6.84. The summed E-state index contributed by atoms with van der Waals surface area (Å²) < 4.78 is 29.1. The van der Waals surface area contributed by atoms with Gasteiger partial charge in [0.1, 0.15) is 12.6 Å². The lowest BCUT2D eigenvalue weighted by molar-refractivity contribution is -0.140. The summed E-state index contributed by atoms with van der Waals surface area (Å²) in [6, 6.07) is 28.5. The zero-order valence-corrected chi connectivity index (χ0v) is 26.2. The molecule has 224 valence electrons. The predicted octanol–water partition coefficient (Wildman–Crippen LogP) is 6.27. The van der Waals surface area contributed by atoms with Crippen molar-refractivity contribution in [3.63, 3.8) is 0 Å². The van der Waals surface area contributed by atoms with Crippen LogP contribution < -0.4 is 9.62 Å². The molecule has 10 heteroatoms. The smallest absolute Gasteiger partial charge is 0.264 e. The molecule has 0 fully saturated rings. The summed E-state index contributed by atoms with van der Waals surface area (Å²) in [6.07, 6.45) is 0.235. The van der Waals surface area contributed by atoms with Crippen LogP contribution in [0.2, 0.25) is 10.0 Å². The zero-order chi connectivity index (χ0) is 31.0. The summed E-state index contributed by atoms with van der Waals surface area (Å²) in [7, 11) is -4.25. The van der Waals surface area contributed by atoms with E-state index in [1.807, 2.05) is 67.6 Å². The Hall–Kier alpha value is -3.85. The first-order valence-corrected chi connectivity index (χ1v) is 16.0. The number of sulfonamides is 1. The number of anilines is 1. The average molecular weight is 639 g/mol. The summed E-state index contributed by atoms with van der Waals surface area (Å²) in [6.45, 7) is 3.52. The van der Waals surface area contributed by atoms with Crippen LogP contribution in [-0.4, -0.2) is 44.3 Å². The minimum absolute atomic E-state index is 0.00108. The van der Waals surface area contributed by atoms with E-state index in [1.54, 1.807) is 19.1 Å². The Kier molecular flexibility index (Phi) is 10.9. The molecule has 0 saturated heterocycles. The van der Waals surface area contributed by atoms with Gasteiger partial charge < -0.3 is 10.2 Å². The molecule has 1 N–H and O–H groups in total. The van der Waals surface area contributed by atoms with Gasteiger partial charge in [-0.1, -0.05) is 102 Å². The van der Waals surface area contributed by atoms with Crippen molar-refractivity contribution in [2.45, 2.75) is 37.8 Å². The van der Waals surface area contributed by atoms with Crippen molar-refractivity contribution in [2.24, 2.45) is 0 Å². The van der Waals surface area contributed by atoms with Crippen LogP contribution in [0.1, 0.15) is 23.6 Å². The molecule has 0 aliphatic rings. The van der Waals surface area contributed by atoms with Crippen molar-refractivity contribution in [3.8, 4) is 0 Å². The van der Waals surface area contributed by atoms with Gasteiger partial charge in [0.05, 0.1) is 10.6 Å². The van der Waals surface area contributed by atoms with Gasteiger partial charge in [-0.05, 0) is 55.3 Å². The highest BCUT2D eigenvalue weighted by atomic mass is 35.5. The number of benzene rings is 4. The Morgan fingerprint density at radius 2 is 1.37 bits per heavy atom. The van der Waals surface area contributed by atoms with Gasteiger partial charge in [0, 0.05) is 29.6 Å². The van der Waals surface area contributed by atoms with E-state index in [0.717, 1.165) is 21.0 Å². The second-order valence-electron chi connectivity index (χ2n) is 10.1. The van der Waals surface area contributed by atoms with Gasteiger partial charge >= 0.3 is 0 Å². The lowest BCUT2D eigenvalue weighted by Gasteiger charge is -2.34. The van der Waals surface area contributed by atoms with Crippen LogP contribution in [0, 0.1) is 6.92 Å². The predicted molar refractivity (Wildman–Crippen MR) is 172 cm³/mol. The molecule has 0 saturated carbocycles. The van der Waals surface area contributed by atoms with E-state index in [0.29, 0.717) is 6.54 Å². The molecule has 4 aromatic rings. The first kappa shape index (κ1) is 32.1. The van der Waals surface area contributed by atoms with E-state index >= 15 is 0 Å². The lowest BCUT2D eigenvalue weighted by atomic mass is 10.0. The lowest BCUT2D eigenvalue weighted by Crippen LogP contribution is -2.53. The number of aryl methyl sites for hydroxylation is 1. The van der Waals surface area contributed by atoms with Crippen molar-refractivity contribution in [3.05, 3.63) is 130 Å². The van der Waals surface area contributed by atoms with Crippen LogP contribution in [0.5, 0.6) is 0 Å². The van der Waals surface area contributed by atoms with Crippen LogP contribution >= 0.6 is 23.2 Å². The van der Waals surface area contributed by atoms with Crippen LogP contribution in [-0.2, 0) is 32.6 Å². The van der Waals surface area contributed by atoms with E-state index in [4.69, 9.17) is 23.2 Å². The fourth-order valence-electron chi connectivity index (χ4n) is 4.68. The van der Waals surface area contributed by atoms with Crippen molar-refractivity contribution < 1.29 is 18.0 Å². The van der Waals surface area contributed by atoms with Gasteiger partial charge in [0.15, 0.2) is 0 Å².